The molecule has 0 aliphatic carbocycles. The largest absolute Gasteiger partial charge is 0.395 e. The smallest absolute Gasteiger partial charge is 0.147 e. The number of fused-ring (bicyclic) bond motifs is 1. The molecule has 5 heteroatoms. The molecule has 0 spiro atoms. The molecule has 1 atom stereocenters. The Labute approximate surface area is 137 Å². The van der Waals surface area contributed by atoms with E-state index >= 15 is 0 Å². The molecule has 23 heavy (non-hydrogen) atoms. The van der Waals surface area contributed by atoms with Gasteiger partial charge in [-0.05, 0) is 44.4 Å². The summed E-state index contributed by atoms with van der Waals surface area (Å²) >= 11 is 0. The lowest BCUT2D eigenvalue weighted by Crippen LogP contribution is -2.47. The highest BCUT2D eigenvalue weighted by atomic mass is 16.3. The van der Waals surface area contributed by atoms with E-state index < -0.39 is 0 Å². The Balaban J connectivity index is 1.44. The fraction of sp³-hybridized carbons (Fsp3) is 0.556. The third-order valence-electron chi connectivity index (χ3n) is 5.33. The normalized spacial score (nSPS) is 23.7. The topological polar surface area (TPSA) is 52.5 Å². The van der Waals surface area contributed by atoms with E-state index in [1.165, 1.54) is 6.42 Å². The van der Waals surface area contributed by atoms with Crippen LogP contribution in [-0.2, 0) is 0 Å². The molecule has 5 nitrogen and oxygen atoms in total. The number of likely N-dealkylation sites (tertiary alicyclic amines) is 1. The van der Waals surface area contributed by atoms with E-state index in [0.29, 0.717) is 18.7 Å². The van der Waals surface area contributed by atoms with Gasteiger partial charge in [0.25, 0.3) is 0 Å². The average Bonchev–Trinajstić information content (AvgIpc) is 3.10. The van der Waals surface area contributed by atoms with Gasteiger partial charge in [-0.25, -0.2) is 4.98 Å². The average molecular weight is 312 g/mol. The predicted molar refractivity (Wildman–Crippen MR) is 91.6 cm³/mol. The Bertz CT molecular complexity index is 669. The first-order valence-corrected chi connectivity index (χ1v) is 8.68. The van der Waals surface area contributed by atoms with Crippen LogP contribution in [0.2, 0.25) is 0 Å². The van der Waals surface area contributed by atoms with Crippen LogP contribution in [0.3, 0.4) is 0 Å². The number of piperidine rings is 1. The van der Waals surface area contributed by atoms with E-state index in [-0.39, 0.29) is 0 Å². The van der Waals surface area contributed by atoms with Crippen molar-refractivity contribution in [1.29, 1.82) is 0 Å². The highest BCUT2D eigenvalue weighted by Crippen LogP contribution is 2.27. The van der Waals surface area contributed by atoms with Crippen LogP contribution in [0.25, 0.3) is 11.0 Å². The van der Waals surface area contributed by atoms with E-state index in [9.17, 15) is 5.11 Å². The van der Waals surface area contributed by atoms with Crippen molar-refractivity contribution in [3.05, 3.63) is 30.5 Å². The van der Waals surface area contributed by atoms with Gasteiger partial charge in [0.05, 0.1) is 23.8 Å². The molecule has 2 aliphatic heterocycles. The maximum atomic E-state index is 9.53. The number of benzene rings is 1. The maximum Gasteiger partial charge on any atom is 0.147 e. The molecule has 0 bridgehead atoms. The van der Waals surface area contributed by atoms with Crippen LogP contribution in [0.5, 0.6) is 0 Å². The van der Waals surface area contributed by atoms with Crippen molar-refractivity contribution < 1.29 is 5.11 Å². The summed E-state index contributed by atoms with van der Waals surface area (Å²) in [5.41, 5.74) is 1.92. The van der Waals surface area contributed by atoms with Gasteiger partial charge in [0.1, 0.15) is 5.82 Å². The molecule has 2 saturated heterocycles. The van der Waals surface area contributed by atoms with Gasteiger partial charge in [0.15, 0.2) is 0 Å². The molecule has 3 heterocycles. The van der Waals surface area contributed by atoms with Crippen LogP contribution >= 0.6 is 0 Å². The summed E-state index contributed by atoms with van der Waals surface area (Å²) in [4.78, 5) is 14.2. The minimum atomic E-state index is 0.302. The number of rotatable bonds is 3. The molecule has 1 N–H and O–H groups in total. The van der Waals surface area contributed by atoms with E-state index in [0.717, 1.165) is 55.7 Å². The highest BCUT2D eigenvalue weighted by Gasteiger charge is 2.32. The number of nitrogens with zero attached hydrogens (tertiary/aromatic N) is 4. The fourth-order valence-corrected chi connectivity index (χ4v) is 4.06. The van der Waals surface area contributed by atoms with Crippen LogP contribution in [0, 0.1) is 0 Å². The van der Waals surface area contributed by atoms with Crippen molar-refractivity contribution in [2.75, 3.05) is 31.1 Å². The van der Waals surface area contributed by atoms with Crippen molar-refractivity contribution in [3.63, 3.8) is 0 Å². The number of aliphatic hydroxyl groups excluding tert-OH is 1. The van der Waals surface area contributed by atoms with Gasteiger partial charge < -0.3 is 10.0 Å². The van der Waals surface area contributed by atoms with E-state index in [4.69, 9.17) is 4.98 Å². The van der Waals surface area contributed by atoms with Crippen LogP contribution in [0.1, 0.15) is 25.7 Å². The monoisotopic (exact) mass is 312 g/mol. The number of hydrogen-bond donors (Lipinski definition) is 1. The van der Waals surface area contributed by atoms with Crippen LogP contribution in [-0.4, -0.2) is 58.3 Å². The molecule has 0 saturated carbocycles. The van der Waals surface area contributed by atoms with Gasteiger partial charge in [-0.3, -0.25) is 9.88 Å². The number of hydrogen-bond acceptors (Lipinski definition) is 5. The minimum absolute atomic E-state index is 0.302. The van der Waals surface area contributed by atoms with E-state index in [2.05, 4.69) is 14.8 Å². The van der Waals surface area contributed by atoms with Crippen LogP contribution in [0.4, 0.5) is 5.82 Å². The third-order valence-corrected chi connectivity index (χ3v) is 5.33. The Hall–Kier alpha value is -1.72. The van der Waals surface area contributed by atoms with Gasteiger partial charge in [-0.2, -0.15) is 0 Å². The second-order valence-corrected chi connectivity index (χ2v) is 6.65. The lowest BCUT2D eigenvalue weighted by Gasteiger charge is -2.39. The van der Waals surface area contributed by atoms with Crippen molar-refractivity contribution in [2.24, 2.45) is 0 Å². The molecule has 2 aliphatic rings. The molecule has 1 aromatic carbocycles. The molecule has 4 rings (SSSR count). The molecule has 122 valence electrons. The number of para-hydroxylation sites is 2. The van der Waals surface area contributed by atoms with Gasteiger partial charge in [-0.1, -0.05) is 12.1 Å². The van der Waals surface area contributed by atoms with E-state index in [1.54, 1.807) is 0 Å². The van der Waals surface area contributed by atoms with Gasteiger partial charge in [0, 0.05) is 25.2 Å². The van der Waals surface area contributed by atoms with Crippen molar-refractivity contribution in [1.82, 2.24) is 14.9 Å². The first kappa shape index (κ1) is 14.8. The standard InChI is InChI=1S/C18H24N4O/c23-13-15-4-3-9-22(15)14-7-10-21(11-8-14)18-12-19-16-5-1-2-6-17(16)20-18/h1-2,5-6,12,14-15,23H,3-4,7-11,13H2. The lowest BCUT2D eigenvalue weighted by molar-refractivity contribution is 0.105. The number of anilines is 1. The van der Waals surface area contributed by atoms with Crippen LogP contribution < -0.4 is 4.90 Å². The summed E-state index contributed by atoms with van der Waals surface area (Å²) in [6.45, 7) is 3.49. The molecule has 1 unspecified atom stereocenters. The second kappa shape index (κ2) is 6.42. The maximum absolute atomic E-state index is 9.53. The molecule has 0 radical (unpaired) electrons. The van der Waals surface area contributed by atoms with E-state index in [1.807, 2.05) is 30.5 Å². The van der Waals surface area contributed by atoms with Crippen molar-refractivity contribution in [2.45, 2.75) is 37.8 Å². The zero-order valence-corrected chi connectivity index (χ0v) is 13.4. The molecular weight excluding hydrogens is 288 g/mol. The van der Waals surface area contributed by atoms with Gasteiger partial charge in [0.2, 0.25) is 0 Å². The number of aromatic nitrogens is 2. The SMILES string of the molecule is OCC1CCCN1C1CCN(c2cnc3ccccc3n2)CC1. The second-order valence-electron chi connectivity index (χ2n) is 6.65. The lowest BCUT2D eigenvalue weighted by atomic mass is 10.0. The number of aliphatic hydroxyl groups is 1. The third kappa shape index (κ3) is 2.91. The Morgan fingerprint density at radius 1 is 1.04 bits per heavy atom. The summed E-state index contributed by atoms with van der Waals surface area (Å²) in [6.07, 6.45) is 6.56. The summed E-state index contributed by atoms with van der Waals surface area (Å²) < 4.78 is 0. The Morgan fingerprint density at radius 2 is 1.83 bits per heavy atom. The van der Waals surface area contributed by atoms with Gasteiger partial charge >= 0.3 is 0 Å². The molecule has 2 fully saturated rings. The first-order chi connectivity index (χ1) is 11.3. The van der Waals surface area contributed by atoms with Crippen molar-refractivity contribution >= 4 is 16.9 Å². The molecular formula is C18H24N4O. The highest BCUT2D eigenvalue weighted by molar-refractivity contribution is 5.75. The first-order valence-electron chi connectivity index (χ1n) is 8.68. The Morgan fingerprint density at radius 3 is 2.61 bits per heavy atom. The zero-order valence-electron chi connectivity index (χ0n) is 13.4. The van der Waals surface area contributed by atoms with Gasteiger partial charge in [-0.15, -0.1) is 0 Å². The quantitative estimate of drug-likeness (QED) is 0.940. The molecule has 1 aromatic heterocycles. The summed E-state index contributed by atoms with van der Waals surface area (Å²) in [7, 11) is 0. The summed E-state index contributed by atoms with van der Waals surface area (Å²) in [5.74, 6) is 0.988. The summed E-state index contributed by atoms with van der Waals surface area (Å²) in [6, 6.07) is 9.02. The molecule has 2 aromatic rings. The summed E-state index contributed by atoms with van der Waals surface area (Å²) in [5, 5.41) is 9.53. The van der Waals surface area contributed by atoms with Crippen LogP contribution in [0.15, 0.2) is 30.5 Å². The fourth-order valence-electron chi connectivity index (χ4n) is 4.06. The Kier molecular flexibility index (Phi) is 4.14. The predicted octanol–water partition coefficient (Wildman–Crippen LogP) is 2.06. The molecule has 0 amide bonds. The zero-order chi connectivity index (χ0) is 15.6. The van der Waals surface area contributed by atoms with Crippen molar-refractivity contribution in [3.8, 4) is 0 Å². The minimum Gasteiger partial charge on any atom is -0.395 e.